The molecule has 5 nitrogen and oxygen atoms in total. The molecule has 1 heterocycles. The van der Waals surface area contributed by atoms with Crippen molar-refractivity contribution in [3.63, 3.8) is 0 Å². The van der Waals surface area contributed by atoms with Gasteiger partial charge in [-0.25, -0.2) is 4.98 Å². The quantitative estimate of drug-likeness (QED) is 0.868. The number of nitrogens with two attached hydrogens (primary N) is 1. The number of benzene rings is 1. The van der Waals surface area contributed by atoms with E-state index in [0.29, 0.717) is 23.1 Å². The van der Waals surface area contributed by atoms with Crippen molar-refractivity contribution in [2.24, 2.45) is 5.73 Å². The largest absolute Gasteiger partial charge is 0.496 e. The topological polar surface area (TPSA) is 76.8 Å². The SMILES string of the molecule is COc1cc(Cl)ccc1-c1n[nH]c(CCCN)n1. The van der Waals surface area contributed by atoms with Gasteiger partial charge in [0.15, 0.2) is 5.82 Å². The Balaban J connectivity index is 2.28. The molecule has 0 spiro atoms. The zero-order chi connectivity index (χ0) is 13.0. The summed E-state index contributed by atoms with van der Waals surface area (Å²) in [6.45, 7) is 0.639. The van der Waals surface area contributed by atoms with E-state index in [2.05, 4.69) is 15.2 Å². The third-order valence-electron chi connectivity index (χ3n) is 2.55. The summed E-state index contributed by atoms with van der Waals surface area (Å²) in [6.07, 6.45) is 1.67. The van der Waals surface area contributed by atoms with Gasteiger partial charge in [-0.15, -0.1) is 0 Å². The zero-order valence-corrected chi connectivity index (χ0v) is 10.9. The van der Waals surface area contributed by atoms with Crippen molar-refractivity contribution >= 4 is 11.6 Å². The molecular weight excluding hydrogens is 252 g/mol. The van der Waals surface area contributed by atoms with E-state index in [1.54, 1.807) is 19.2 Å². The molecule has 0 amide bonds. The summed E-state index contributed by atoms with van der Waals surface area (Å²) >= 11 is 5.91. The number of hydrogen-bond donors (Lipinski definition) is 2. The first-order chi connectivity index (χ1) is 8.74. The minimum atomic E-state index is 0.607. The van der Waals surface area contributed by atoms with E-state index >= 15 is 0 Å². The number of nitrogens with zero attached hydrogens (tertiary/aromatic N) is 2. The first kappa shape index (κ1) is 12.9. The van der Waals surface area contributed by atoms with Crippen molar-refractivity contribution in [2.75, 3.05) is 13.7 Å². The number of rotatable bonds is 5. The second-order valence-electron chi connectivity index (χ2n) is 3.84. The van der Waals surface area contributed by atoms with Gasteiger partial charge in [0.2, 0.25) is 0 Å². The fraction of sp³-hybridized carbons (Fsp3) is 0.333. The summed E-state index contributed by atoms with van der Waals surface area (Å²) in [6, 6.07) is 5.37. The Morgan fingerprint density at radius 3 is 3.00 bits per heavy atom. The van der Waals surface area contributed by atoms with Crippen molar-refractivity contribution in [3.05, 3.63) is 29.0 Å². The van der Waals surface area contributed by atoms with E-state index in [1.165, 1.54) is 0 Å². The normalized spacial score (nSPS) is 10.6. The molecule has 0 saturated heterocycles. The summed E-state index contributed by atoms with van der Waals surface area (Å²) in [5.74, 6) is 2.09. The summed E-state index contributed by atoms with van der Waals surface area (Å²) in [4.78, 5) is 4.41. The lowest BCUT2D eigenvalue weighted by Gasteiger charge is -2.05. The lowest BCUT2D eigenvalue weighted by Crippen LogP contribution is -2.01. The van der Waals surface area contributed by atoms with Gasteiger partial charge in [0, 0.05) is 11.4 Å². The number of nitrogens with one attached hydrogen (secondary N) is 1. The van der Waals surface area contributed by atoms with Crippen LogP contribution in [0.2, 0.25) is 5.02 Å². The van der Waals surface area contributed by atoms with E-state index in [1.807, 2.05) is 6.07 Å². The minimum Gasteiger partial charge on any atom is -0.496 e. The number of aryl methyl sites for hydroxylation is 1. The summed E-state index contributed by atoms with van der Waals surface area (Å²) in [5.41, 5.74) is 6.28. The van der Waals surface area contributed by atoms with Crippen molar-refractivity contribution in [1.82, 2.24) is 15.2 Å². The number of ether oxygens (including phenoxy) is 1. The molecule has 0 bridgehead atoms. The zero-order valence-electron chi connectivity index (χ0n) is 10.1. The average molecular weight is 267 g/mol. The number of methoxy groups -OCH3 is 1. The van der Waals surface area contributed by atoms with Crippen LogP contribution in [-0.4, -0.2) is 28.8 Å². The van der Waals surface area contributed by atoms with E-state index in [0.717, 1.165) is 24.2 Å². The van der Waals surface area contributed by atoms with E-state index in [9.17, 15) is 0 Å². The van der Waals surface area contributed by atoms with Gasteiger partial charge in [-0.1, -0.05) is 11.6 Å². The van der Waals surface area contributed by atoms with Crippen LogP contribution in [0, 0.1) is 0 Å². The fourth-order valence-electron chi connectivity index (χ4n) is 1.65. The number of H-pyrrole nitrogens is 1. The molecule has 0 radical (unpaired) electrons. The summed E-state index contributed by atoms with van der Waals surface area (Å²) in [5, 5.41) is 7.70. The average Bonchev–Trinajstić information content (AvgIpc) is 2.84. The summed E-state index contributed by atoms with van der Waals surface area (Å²) < 4.78 is 5.27. The number of aromatic amines is 1. The Morgan fingerprint density at radius 2 is 2.28 bits per heavy atom. The predicted molar refractivity (Wildman–Crippen MR) is 70.8 cm³/mol. The van der Waals surface area contributed by atoms with Crippen LogP contribution in [-0.2, 0) is 6.42 Å². The summed E-state index contributed by atoms with van der Waals surface area (Å²) in [7, 11) is 1.59. The number of hydrogen-bond acceptors (Lipinski definition) is 4. The van der Waals surface area contributed by atoms with Gasteiger partial charge in [0.05, 0.1) is 12.7 Å². The molecule has 18 heavy (non-hydrogen) atoms. The van der Waals surface area contributed by atoms with Crippen LogP contribution in [0.1, 0.15) is 12.2 Å². The van der Waals surface area contributed by atoms with Gasteiger partial charge >= 0.3 is 0 Å². The molecule has 0 aliphatic carbocycles. The third kappa shape index (κ3) is 2.80. The van der Waals surface area contributed by atoms with Gasteiger partial charge < -0.3 is 10.5 Å². The predicted octanol–water partition coefficient (Wildman–Crippen LogP) is 2.02. The molecule has 0 saturated carbocycles. The minimum absolute atomic E-state index is 0.607. The smallest absolute Gasteiger partial charge is 0.184 e. The highest BCUT2D eigenvalue weighted by atomic mass is 35.5. The maximum atomic E-state index is 5.91. The van der Waals surface area contributed by atoms with Gasteiger partial charge in [-0.05, 0) is 31.2 Å². The molecular formula is C12H15ClN4O. The van der Waals surface area contributed by atoms with Crippen LogP contribution in [0.3, 0.4) is 0 Å². The second kappa shape index (κ2) is 5.84. The number of aromatic nitrogens is 3. The van der Waals surface area contributed by atoms with Gasteiger partial charge in [-0.2, -0.15) is 5.10 Å². The van der Waals surface area contributed by atoms with Crippen LogP contribution < -0.4 is 10.5 Å². The first-order valence-corrected chi connectivity index (χ1v) is 6.07. The van der Waals surface area contributed by atoms with Crippen molar-refractivity contribution in [1.29, 1.82) is 0 Å². The van der Waals surface area contributed by atoms with Crippen LogP contribution in [0.15, 0.2) is 18.2 Å². The molecule has 2 aromatic rings. The molecule has 0 atom stereocenters. The first-order valence-electron chi connectivity index (χ1n) is 5.70. The van der Waals surface area contributed by atoms with E-state index in [4.69, 9.17) is 22.1 Å². The fourth-order valence-corrected chi connectivity index (χ4v) is 1.81. The van der Waals surface area contributed by atoms with Crippen LogP contribution in [0.5, 0.6) is 5.75 Å². The standard InChI is InChI=1S/C12H15ClN4O/c1-18-10-7-8(13)4-5-9(10)12-15-11(16-17-12)3-2-6-14/h4-5,7H,2-3,6,14H2,1H3,(H,15,16,17). The van der Waals surface area contributed by atoms with E-state index < -0.39 is 0 Å². The Labute approximate surface area is 110 Å². The molecule has 3 N–H and O–H groups in total. The van der Waals surface area contributed by atoms with Crippen molar-refractivity contribution in [2.45, 2.75) is 12.8 Å². The maximum absolute atomic E-state index is 5.91. The Hall–Kier alpha value is -1.59. The van der Waals surface area contributed by atoms with Gasteiger partial charge in [0.1, 0.15) is 11.6 Å². The Morgan fingerprint density at radius 1 is 1.44 bits per heavy atom. The molecule has 2 rings (SSSR count). The molecule has 6 heteroatoms. The lowest BCUT2D eigenvalue weighted by molar-refractivity contribution is 0.416. The Kier molecular flexibility index (Phi) is 4.17. The highest BCUT2D eigenvalue weighted by Crippen LogP contribution is 2.30. The van der Waals surface area contributed by atoms with Crippen molar-refractivity contribution in [3.8, 4) is 17.1 Å². The highest BCUT2D eigenvalue weighted by Gasteiger charge is 2.11. The monoisotopic (exact) mass is 266 g/mol. The Bertz CT molecular complexity index is 527. The maximum Gasteiger partial charge on any atom is 0.184 e. The molecule has 0 aliphatic heterocycles. The van der Waals surface area contributed by atoms with Crippen LogP contribution >= 0.6 is 11.6 Å². The molecule has 1 aromatic heterocycles. The second-order valence-corrected chi connectivity index (χ2v) is 4.28. The molecule has 1 aromatic carbocycles. The van der Waals surface area contributed by atoms with Crippen molar-refractivity contribution < 1.29 is 4.74 Å². The third-order valence-corrected chi connectivity index (χ3v) is 2.79. The molecule has 0 unspecified atom stereocenters. The van der Waals surface area contributed by atoms with Crippen LogP contribution in [0.4, 0.5) is 0 Å². The number of halogens is 1. The van der Waals surface area contributed by atoms with E-state index in [-0.39, 0.29) is 0 Å². The van der Waals surface area contributed by atoms with Gasteiger partial charge in [-0.3, -0.25) is 5.10 Å². The lowest BCUT2D eigenvalue weighted by atomic mass is 10.2. The highest BCUT2D eigenvalue weighted by molar-refractivity contribution is 6.30. The molecule has 0 fully saturated rings. The van der Waals surface area contributed by atoms with Crippen LogP contribution in [0.25, 0.3) is 11.4 Å². The molecule has 96 valence electrons. The van der Waals surface area contributed by atoms with Gasteiger partial charge in [0.25, 0.3) is 0 Å². The molecule has 0 aliphatic rings.